The van der Waals surface area contributed by atoms with Gasteiger partial charge in [-0.2, -0.15) is 0 Å². The van der Waals surface area contributed by atoms with Crippen LogP contribution in [0.4, 0.5) is 0 Å². The first kappa shape index (κ1) is 20.0. The van der Waals surface area contributed by atoms with Gasteiger partial charge in [-0.25, -0.2) is 4.98 Å². The Hall–Kier alpha value is -2.77. The number of hydrogen-bond donors (Lipinski definition) is 1. The molecule has 0 radical (unpaired) electrons. The van der Waals surface area contributed by atoms with Crippen molar-refractivity contribution in [1.29, 1.82) is 0 Å². The number of amides is 1. The summed E-state index contributed by atoms with van der Waals surface area (Å²) in [7, 11) is 4.67. The van der Waals surface area contributed by atoms with Crippen LogP contribution in [-0.2, 0) is 6.54 Å². The van der Waals surface area contributed by atoms with Crippen LogP contribution in [0.3, 0.4) is 0 Å². The highest BCUT2D eigenvalue weighted by Gasteiger charge is 2.15. The van der Waals surface area contributed by atoms with E-state index in [0.29, 0.717) is 28.0 Å². The van der Waals surface area contributed by atoms with Gasteiger partial charge in [-0.15, -0.1) is 11.3 Å². The highest BCUT2D eigenvalue weighted by atomic mass is 35.5. The normalized spacial score (nSPS) is 10.4. The molecule has 1 N–H and O–H groups in total. The minimum absolute atomic E-state index is 0.260. The number of benzene rings is 2. The number of halogens is 1. The van der Waals surface area contributed by atoms with Crippen LogP contribution in [0.25, 0.3) is 10.6 Å². The van der Waals surface area contributed by atoms with Crippen molar-refractivity contribution in [1.82, 2.24) is 10.3 Å². The van der Waals surface area contributed by atoms with Gasteiger partial charge in [0.25, 0.3) is 5.91 Å². The number of aromatic nitrogens is 1. The molecule has 0 saturated carbocycles. The average molecular weight is 419 g/mol. The van der Waals surface area contributed by atoms with E-state index in [1.54, 1.807) is 51.0 Å². The van der Waals surface area contributed by atoms with Crippen LogP contribution in [0.15, 0.2) is 41.8 Å². The molecule has 1 aromatic heterocycles. The van der Waals surface area contributed by atoms with Crippen LogP contribution < -0.4 is 19.5 Å². The van der Waals surface area contributed by atoms with E-state index < -0.39 is 0 Å². The fourth-order valence-electron chi connectivity index (χ4n) is 2.60. The summed E-state index contributed by atoms with van der Waals surface area (Å²) in [4.78, 5) is 16.9. The first-order valence-corrected chi connectivity index (χ1v) is 9.60. The predicted octanol–water partition coefficient (Wildman–Crippen LogP) is 4.42. The highest BCUT2D eigenvalue weighted by molar-refractivity contribution is 7.13. The number of carbonyl (C=O) groups is 1. The third kappa shape index (κ3) is 4.37. The van der Waals surface area contributed by atoms with Crippen LogP contribution in [0, 0.1) is 0 Å². The molecule has 0 spiro atoms. The second kappa shape index (κ2) is 8.95. The molecule has 1 amide bonds. The molecule has 0 aliphatic rings. The van der Waals surface area contributed by atoms with E-state index in [1.807, 2.05) is 12.1 Å². The first-order valence-electron chi connectivity index (χ1n) is 8.34. The summed E-state index contributed by atoms with van der Waals surface area (Å²) >= 11 is 7.31. The number of hydrogen-bond acceptors (Lipinski definition) is 6. The number of nitrogens with zero attached hydrogens (tertiary/aromatic N) is 1. The summed E-state index contributed by atoms with van der Waals surface area (Å²) < 4.78 is 16.0. The largest absolute Gasteiger partial charge is 0.496 e. The second-order valence-electron chi connectivity index (χ2n) is 5.75. The quantitative estimate of drug-likeness (QED) is 0.615. The summed E-state index contributed by atoms with van der Waals surface area (Å²) in [5.74, 6) is 1.44. The van der Waals surface area contributed by atoms with Crippen molar-refractivity contribution in [2.24, 2.45) is 0 Å². The Morgan fingerprint density at radius 1 is 1.04 bits per heavy atom. The maximum Gasteiger partial charge on any atom is 0.271 e. The number of rotatable bonds is 7. The van der Waals surface area contributed by atoms with Crippen molar-refractivity contribution < 1.29 is 19.0 Å². The topological polar surface area (TPSA) is 69.7 Å². The molecule has 3 aromatic rings. The predicted molar refractivity (Wildman–Crippen MR) is 110 cm³/mol. The van der Waals surface area contributed by atoms with Gasteiger partial charge in [0.1, 0.15) is 16.5 Å². The Kier molecular flexibility index (Phi) is 6.38. The van der Waals surface area contributed by atoms with Crippen LogP contribution >= 0.6 is 22.9 Å². The average Bonchev–Trinajstić information content (AvgIpc) is 3.22. The Morgan fingerprint density at radius 2 is 1.68 bits per heavy atom. The number of ether oxygens (including phenoxy) is 3. The molecule has 0 unspecified atom stereocenters. The zero-order chi connectivity index (χ0) is 20.1. The monoisotopic (exact) mass is 418 g/mol. The lowest BCUT2D eigenvalue weighted by atomic mass is 10.1. The summed E-state index contributed by atoms with van der Waals surface area (Å²) in [5.41, 5.74) is 2.03. The summed E-state index contributed by atoms with van der Waals surface area (Å²) in [5, 5.41) is 6.00. The van der Waals surface area contributed by atoms with E-state index in [1.165, 1.54) is 11.3 Å². The van der Waals surface area contributed by atoms with Gasteiger partial charge in [0, 0.05) is 34.1 Å². The molecular formula is C20H19ClN2O4S. The van der Waals surface area contributed by atoms with Crippen molar-refractivity contribution in [2.45, 2.75) is 6.54 Å². The van der Waals surface area contributed by atoms with Gasteiger partial charge in [0.15, 0.2) is 11.5 Å². The van der Waals surface area contributed by atoms with E-state index in [9.17, 15) is 4.79 Å². The minimum Gasteiger partial charge on any atom is -0.496 e. The molecule has 28 heavy (non-hydrogen) atoms. The molecule has 6 nitrogen and oxygen atoms in total. The summed E-state index contributed by atoms with van der Waals surface area (Å²) in [6, 6.07) is 10.8. The molecule has 0 atom stereocenters. The van der Waals surface area contributed by atoms with E-state index in [2.05, 4.69) is 10.3 Å². The molecule has 0 aliphatic heterocycles. The first-order chi connectivity index (χ1) is 13.5. The van der Waals surface area contributed by atoms with Crippen molar-refractivity contribution in [3.63, 3.8) is 0 Å². The maximum atomic E-state index is 12.5. The standard InChI is InChI=1S/C20H19ClN2O4S/c1-25-16-9-18(27-3)17(26-2)8-13(16)10-22-19(24)15-11-28-20(23-15)12-4-6-14(21)7-5-12/h4-9,11H,10H2,1-3H3,(H,22,24). The smallest absolute Gasteiger partial charge is 0.271 e. The van der Waals surface area contributed by atoms with Crippen LogP contribution in [0.1, 0.15) is 16.1 Å². The fraction of sp³-hybridized carbons (Fsp3) is 0.200. The lowest BCUT2D eigenvalue weighted by Gasteiger charge is -2.14. The van der Waals surface area contributed by atoms with Gasteiger partial charge in [-0.3, -0.25) is 4.79 Å². The van der Waals surface area contributed by atoms with Crippen molar-refractivity contribution in [3.05, 3.63) is 58.1 Å². The van der Waals surface area contributed by atoms with E-state index >= 15 is 0 Å². The van der Waals surface area contributed by atoms with Gasteiger partial charge in [0.05, 0.1) is 21.3 Å². The van der Waals surface area contributed by atoms with Crippen LogP contribution in [0.5, 0.6) is 17.2 Å². The molecule has 2 aromatic carbocycles. The van der Waals surface area contributed by atoms with Gasteiger partial charge < -0.3 is 19.5 Å². The lowest BCUT2D eigenvalue weighted by molar-refractivity contribution is 0.0946. The highest BCUT2D eigenvalue weighted by Crippen LogP contribution is 2.34. The molecule has 3 rings (SSSR count). The number of carbonyl (C=O) groups excluding carboxylic acids is 1. The summed E-state index contributed by atoms with van der Waals surface area (Å²) in [6.45, 7) is 0.260. The van der Waals surface area contributed by atoms with E-state index in [-0.39, 0.29) is 12.5 Å². The lowest BCUT2D eigenvalue weighted by Crippen LogP contribution is -2.23. The molecule has 1 heterocycles. The Bertz CT molecular complexity index is 973. The molecule has 0 bridgehead atoms. The molecule has 146 valence electrons. The minimum atomic E-state index is -0.270. The zero-order valence-corrected chi connectivity index (χ0v) is 17.2. The molecular weight excluding hydrogens is 400 g/mol. The van der Waals surface area contributed by atoms with Crippen LogP contribution in [0.2, 0.25) is 5.02 Å². The van der Waals surface area contributed by atoms with Gasteiger partial charge in [0.2, 0.25) is 0 Å². The second-order valence-corrected chi connectivity index (χ2v) is 7.04. The Morgan fingerprint density at radius 3 is 2.32 bits per heavy atom. The summed E-state index contributed by atoms with van der Waals surface area (Å²) in [6.07, 6.45) is 0. The number of nitrogens with one attached hydrogen (secondary N) is 1. The Balaban J connectivity index is 1.73. The van der Waals surface area contributed by atoms with E-state index in [4.69, 9.17) is 25.8 Å². The maximum absolute atomic E-state index is 12.5. The molecule has 0 saturated heterocycles. The number of thiazole rings is 1. The SMILES string of the molecule is COc1cc(OC)c(OC)cc1CNC(=O)c1csc(-c2ccc(Cl)cc2)n1. The van der Waals surface area contributed by atoms with Gasteiger partial charge in [-0.1, -0.05) is 23.7 Å². The number of methoxy groups -OCH3 is 3. The van der Waals surface area contributed by atoms with Crippen molar-refractivity contribution in [3.8, 4) is 27.8 Å². The van der Waals surface area contributed by atoms with E-state index in [0.717, 1.165) is 16.1 Å². The molecule has 8 heteroatoms. The fourth-order valence-corrected chi connectivity index (χ4v) is 3.53. The Labute approximate surface area is 172 Å². The molecule has 0 fully saturated rings. The zero-order valence-electron chi connectivity index (χ0n) is 15.6. The van der Waals surface area contributed by atoms with Gasteiger partial charge >= 0.3 is 0 Å². The van der Waals surface area contributed by atoms with Crippen molar-refractivity contribution in [2.75, 3.05) is 21.3 Å². The van der Waals surface area contributed by atoms with Gasteiger partial charge in [-0.05, 0) is 18.2 Å². The third-order valence-electron chi connectivity index (χ3n) is 4.05. The van der Waals surface area contributed by atoms with Crippen molar-refractivity contribution >= 4 is 28.8 Å². The van der Waals surface area contributed by atoms with Crippen LogP contribution in [-0.4, -0.2) is 32.2 Å². The third-order valence-corrected chi connectivity index (χ3v) is 5.20. The molecule has 0 aliphatic carbocycles.